The zero-order valence-electron chi connectivity index (χ0n) is 11.2. The molecular formula is C16H18ClNO2. The Labute approximate surface area is 125 Å². The molecule has 0 aliphatic rings. The topological polar surface area (TPSA) is 49.3 Å². The summed E-state index contributed by atoms with van der Waals surface area (Å²) in [6, 6.07) is 17.4. The van der Waals surface area contributed by atoms with Gasteiger partial charge in [-0.3, -0.25) is 0 Å². The van der Waals surface area contributed by atoms with Gasteiger partial charge in [0.05, 0.1) is 5.56 Å². The lowest BCUT2D eigenvalue weighted by molar-refractivity contribution is 0.0697. The molecule has 2 aromatic rings. The maximum absolute atomic E-state index is 10.7. The largest absolute Gasteiger partial charge is 0.478 e. The highest BCUT2D eigenvalue weighted by Crippen LogP contribution is 2.12. The molecule has 0 fully saturated rings. The molecule has 0 heterocycles. The molecule has 2 rings (SSSR count). The molecule has 0 saturated carbocycles. The minimum atomic E-state index is -0.892. The van der Waals surface area contributed by atoms with Crippen LogP contribution in [0.3, 0.4) is 0 Å². The van der Waals surface area contributed by atoms with Crippen LogP contribution in [-0.4, -0.2) is 11.1 Å². The van der Waals surface area contributed by atoms with E-state index in [2.05, 4.69) is 24.4 Å². The molecule has 1 atom stereocenters. The van der Waals surface area contributed by atoms with Crippen LogP contribution in [0.15, 0.2) is 54.6 Å². The number of rotatable bonds is 5. The van der Waals surface area contributed by atoms with Gasteiger partial charge in [-0.15, -0.1) is 12.4 Å². The van der Waals surface area contributed by atoms with Crippen LogP contribution >= 0.6 is 12.4 Å². The predicted octanol–water partition coefficient (Wildman–Crippen LogP) is 3.66. The van der Waals surface area contributed by atoms with Crippen LogP contribution in [0.2, 0.25) is 0 Å². The van der Waals surface area contributed by atoms with E-state index in [-0.39, 0.29) is 18.4 Å². The highest BCUT2D eigenvalue weighted by atomic mass is 35.5. The fourth-order valence-electron chi connectivity index (χ4n) is 1.90. The molecule has 106 valence electrons. The van der Waals surface area contributed by atoms with Crippen LogP contribution in [0, 0.1) is 0 Å². The molecule has 0 bridgehead atoms. The predicted molar refractivity (Wildman–Crippen MR) is 82.3 cm³/mol. The number of carbonyl (C=O) groups is 1. The highest BCUT2D eigenvalue weighted by Gasteiger charge is 2.05. The Morgan fingerprint density at radius 1 is 1.10 bits per heavy atom. The molecule has 0 spiro atoms. The van der Waals surface area contributed by atoms with Crippen LogP contribution in [0.5, 0.6) is 0 Å². The van der Waals surface area contributed by atoms with E-state index in [0.717, 1.165) is 12.1 Å². The summed E-state index contributed by atoms with van der Waals surface area (Å²) in [6.07, 6.45) is 0. The van der Waals surface area contributed by atoms with E-state index in [4.69, 9.17) is 5.11 Å². The number of hydrogen-bond donors (Lipinski definition) is 2. The molecule has 3 nitrogen and oxygen atoms in total. The second-order valence-corrected chi connectivity index (χ2v) is 4.52. The van der Waals surface area contributed by atoms with Crippen LogP contribution in [0.25, 0.3) is 0 Å². The lowest BCUT2D eigenvalue weighted by Gasteiger charge is -2.14. The Morgan fingerprint density at radius 2 is 1.70 bits per heavy atom. The fourth-order valence-corrected chi connectivity index (χ4v) is 1.90. The van der Waals surface area contributed by atoms with Crippen molar-refractivity contribution in [1.29, 1.82) is 0 Å². The van der Waals surface area contributed by atoms with E-state index in [1.165, 1.54) is 5.56 Å². The van der Waals surface area contributed by atoms with Gasteiger partial charge in [0.2, 0.25) is 0 Å². The fraction of sp³-hybridized carbons (Fsp3) is 0.188. The molecule has 0 aliphatic carbocycles. The van der Waals surface area contributed by atoms with Crippen molar-refractivity contribution in [3.05, 3.63) is 71.3 Å². The summed E-state index contributed by atoms with van der Waals surface area (Å²) < 4.78 is 0. The normalized spacial score (nSPS) is 11.4. The quantitative estimate of drug-likeness (QED) is 0.884. The van der Waals surface area contributed by atoms with E-state index in [1.54, 1.807) is 12.1 Å². The van der Waals surface area contributed by atoms with Gasteiger partial charge in [-0.2, -0.15) is 0 Å². The van der Waals surface area contributed by atoms with E-state index in [0.29, 0.717) is 5.56 Å². The Morgan fingerprint density at radius 3 is 2.25 bits per heavy atom. The van der Waals surface area contributed by atoms with Crippen molar-refractivity contribution in [3.63, 3.8) is 0 Å². The molecule has 0 aliphatic heterocycles. The molecule has 4 heteroatoms. The second-order valence-electron chi connectivity index (χ2n) is 4.52. The molecule has 0 radical (unpaired) electrons. The Bertz CT molecular complexity index is 540. The van der Waals surface area contributed by atoms with Crippen molar-refractivity contribution in [3.8, 4) is 0 Å². The van der Waals surface area contributed by atoms with Crippen molar-refractivity contribution in [1.82, 2.24) is 5.32 Å². The Kier molecular flexibility index (Phi) is 6.22. The highest BCUT2D eigenvalue weighted by molar-refractivity contribution is 5.87. The van der Waals surface area contributed by atoms with Crippen molar-refractivity contribution >= 4 is 18.4 Å². The number of nitrogens with one attached hydrogen (secondary N) is 1. The third-order valence-electron chi connectivity index (χ3n) is 3.11. The summed E-state index contributed by atoms with van der Waals surface area (Å²) >= 11 is 0. The first-order valence-electron chi connectivity index (χ1n) is 6.27. The van der Waals surface area contributed by atoms with Gasteiger partial charge in [-0.05, 0) is 30.2 Å². The van der Waals surface area contributed by atoms with Crippen molar-refractivity contribution in [2.45, 2.75) is 19.5 Å². The summed E-state index contributed by atoms with van der Waals surface area (Å²) in [5.41, 5.74) is 2.64. The molecule has 0 saturated heterocycles. The number of aromatic carboxylic acids is 1. The molecule has 20 heavy (non-hydrogen) atoms. The zero-order valence-corrected chi connectivity index (χ0v) is 12.1. The van der Waals surface area contributed by atoms with Gasteiger partial charge in [0.15, 0.2) is 0 Å². The minimum absolute atomic E-state index is 0. The first-order valence-corrected chi connectivity index (χ1v) is 6.27. The SMILES string of the molecule is CC(NCc1ccc(C(=O)O)cc1)c1ccccc1.Cl. The first kappa shape index (κ1) is 16.2. The lowest BCUT2D eigenvalue weighted by Crippen LogP contribution is -2.18. The molecule has 0 aromatic heterocycles. The number of carboxylic acid groups (broad SMARTS) is 1. The van der Waals surface area contributed by atoms with E-state index >= 15 is 0 Å². The van der Waals surface area contributed by atoms with Crippen molar-refractivity contribution < 1.29 is 9.90 Å². The van der Waals surface area contributed by atoms with Gasteiger partial charge in [0.25, 0.3) is 0 Å². The third kappa shape index (κ3) is 4.37. The monoisotopic (exact) mass is 291 g/mol. The smallest absolute Gasteiger partial charge is 0.335 e. The van der Waals surface area contributed by atoms with Gasteiger partial charge >= 0.3 is 5.97 Å². The lowest BCUT2D eigenvalue weighted by atomic mass is 10.1. The average Bonchev–Trinajstić information content (AvgIpc) is 2.46. The first-order chi connectivity index (χ1) is 9.16. The summed E-state index contributed by atoms with van der Waals surface area (Å²) in [7, 11) is 0. The maximum Gasteiger partial charge on any atom is 0.335 e. The number of benzene rings is 2. The van der Waals surface area contributed by atoms with Crippen LogP contribution in [-0.2, 0) is 6.54 Å². The van der Waals surface area contributed by atoms with Crippen molar-refractivity contribution in [2.75, 3.05) is 0 Å². The van der Waals surface area contributed by atoms with Gasteiger partial charge in [-0.25, -0.2) is 4.79 Å². The molecule has 2 aromatic carbocycles. The second kappa shape index (κ2) is 7.68. The number of hydrogen-bond acceptors (Lipinski definition) is 2. The summed E-state index contributed by atoms with van der Waals surface area (Å²) in [6.45, 7) is 2.83. The summed E-state index contributed by atoms with van der Waals surface area (Å²) in [5.74, 6) is -0.892. The average molecular weight is 292 g/mol. The van der Waals surface area contributed by atoms with Crippen LogP contribution in [0.4, 0.5) is 0 Å². The third-order valence-corrected chi connectivity index (χ3v) is 3.11. The molecule has 2 N–H and O–H groups in total. The zero-order chi connectivity index (χ0) is 13.7. The van der Waals surface area contributed by atoms with Gasteiger partial charge < -0.3 is 10.4 Å². The molecular weight excluding hydrogens is 274 g/mol. The summed E-state index contributed by atoms with van der Waals surface area (Å²) in [4.78, 5) is 10.7. The van der Waals surface area contributed by atoms with Crippen LogP contribution < -0.4 is 5.32 Å². The van der Waals surface area contributed by atoms with E-state index < -0.39 is 5.97 Å². The standard InChI is InChI=1S/C16H17NO2.ClH/c1-12(14-5-3-2-4-6-14)17-11-13-7-9-15(10-8-13)16(18)19;/h2-10,12,17H,11H2,1H3,(H,18,19);1H. The molecule has 1 unspecified atom stereocenters. The number of carboxylic acids is 1. The minimum Gasteiger partial charge on any atom is -0.478 e. The van der Waals surface area contributed by atoms with Gasteiger partial charge in [0.1, 0.15) is 0 Å². The van der Waals surface area contributed by atoms with Crippen molar-refractivity contribution in [2.24, 2.45) is 0 Å². The molecule has 0 amide bonds. The number of halogens is 1. The van der Waals surface area contributed by atoms with Gasteiger partial charge in [-0.1, -0.05) is 42.5 Å². The van der Waals surface area contributed by atoms with E-state index in [1.807, 2.05) is 30.3 Å². The Balaban J connectivity index is 0.00000200. The van der Waals surface area contributed by atoms with E-state index in [9.17, 15) is 4.79 Å². The maximum atomic E-state index is 10.7. The van der Waals surface area contributed by atoms with Crippen LogP contribution in [0.1, 0.15) is 34.5 Å². The van der Waals surface area contributed by atoms with Gasteiger partial charge in [0, 0.05) is 12.6 Å². The Hall–Kier alpha value is -1.84. The summed E-state index contributed by atoms with van der Waals surface area (Å²) in [5, 5.41) is 12.2.